The Morgan fingerprint density at radius 1 is 0.875 bits per heavy atom. The van der Waals surface area contributed by atoms with Crippen molar-refractivity contribution in [3.05, 3.63) is 71.8 Å². The summed E-state index contributed by atoms with van der Waals surface area (Å²) < 4.78 is 0. The summed E-state index contributed by atoms with van der Waals surface area (Å²) in [6.45, 7) is 2.10. The summed E-state index contributed by atoms with van der Waals surface area (Å²) in [7, 11) is 0. The Bertz CT molecular complexity index is 682. The Hall–Kier alpha value is -1.93. The van der Waals surface area contributed by atoms with Crippen LogP contribution < -0.4 is 0 Å². The molecule has 2 aromatic carbocycles. The highest BCUT2D eigenvalue weighted by molar-refractivity contribution is 5.80. The third kappa shape index (κ3) is 3.29. The monoisotopic (exact) mass is 319 g/mol. The van der Waals surface area contributed by atoms with Gasteiger partial charge < -0.3 is 0 Å². The molecule has 2 bridgehead atoms. The molecule has 1 aliphatic carbocycles. The fourth-order valence-electron chi connectivity index (χ4n) is 4.64. The van der Waals surface area contributed by atoms with Crippen molar-refractivity contribution in [3.63, 3.8) is 0 Å². The van der Waals surface area contributed by atoms with E-state index in [2.05, 4.69) is 65.6 Å². The maximum absolute atomic E-state index is 12.2. The lowest BCUT2D eigenvalue weighted by molar-refractivity contribution is -0.128. The number of carbonyl (C=O) groups is 1. The molecule has 124 valence electrons. The number of likely N-dealkylation sites (tertiary alicyclic amines) is 1. The number of ketones is 1. The highest BCUT2D eigenvalue weighted by Gasteiger charge is 2.43. The van der Waals surface area contributed by atoms with Crippen molar-refractivity contribution in [3.8, 4) is 0 Å². The van der Waals surface area contributed by atoms with Crippen LogP contribution in [-0.2, 0) is 17.8 Å². The topological polar surface area (TPSA) is 20.3 Å². The van der Waals surface area contributed by atoms with Gasteiger partial charge in [-0.2, -0.15) is 0 Å². The van der Waals surface area contributed by atoms with Gasteiger partial charge in [0.15, 0.2) is 0 Å². The molecule has 0 unspecified atom stereocenters. The molecule has 0 N–H and O–H groups in total. The molecule has 3 atom stereocenters. The van der Waals surface area contributed by atoms with Crippen LogP contribution in [0.2, 0.25) is 0 Å². The second kappa shape index (κ2) is 6.90. The Morgan fingerprint density at radius 2 is 1.54 bits per heavy atom. The van der Waals surface area contributed by atoms with Crippen molar-refractivity contribution in [1.82, 2.24) is 4.90 Å². The minimum Gasteiger partial charge on any atom is -0.300 e. The molecule has 4 rings (SSSR count). The second-order valence-electron chi connectivity index (χ2n) is 7.37. The molecule has 2 fully saturated rings. The smallest absolute Gasteiger partial charge is 0.134 e. The number of carbonyl (C=O) groups excluding carboxylic acids is 1. The van der Waals surface area contributed by atoms with E-state index in [0.717, 1.165) is 38.8 Å². The third-order valence-corrected chi connectivity index (χ3v) is 5.83. The minimum absolute atomic E-state index is 0.408. The number of fused-ring (bicyclic) bond motifs is 2. The van der Waals surface area contributed by atoms with E-state index in [4.69, 9.17) is 0 Å². The van der Waals surface area contributed by atoms with Gasteiger partial charge in [0, 0.05) is 25.4 Å². The molecular weight excluding hydrogens is 294 g/mol. The summed E-state index contributed by atoms with van der Waals surface area (Å²) in [5, 5.41) is 0. The predicted molar refractivity (Wildman–Crippen MR) is 96.6 cm³/mol. The van der Waals surface area contributed by atoms with Crippen molar-refractivity contribution < 1.29 is 4.79 Å². The maximum atomic E-state index is 12.2. The molecule has 24 heavy (non-hydrogen) atoms. The Balaban J connectivity index is 1.55. The van der Waals surface area contributed by atoms with E-state index in [1.165, 1.54) is 11.1 Å². The highest BCUT2D eigenvalue weighted by atomic mass is 16.1. The first-order chi connectivity index (χ1) is 11.8. The van der Waals surface area contributed by atoms with E-state index in [9.17, 15) is 4.79 Å². The van der Waals surface area contributed by atoms with Gasteiger partial charge in [0.1, 0.15) is 5.78 Å². The molecule has 0 radical (unpaired) electrons. The Morgan fingerprint density at radius 3 is 2.25 bits per heavy atom. The van der Waals surface area contributed by atoms with Crippen LogP contribution in [-0.4, -0.2) is 23.3 Å². The van der Waals surface area contributed by atoms with Gasteiger partial charge in [0.25, 0.3) is 0 Å². The number of benzene rings is 2. The van der Waals surface area contributed by atoms with E-state index < -0.39 is 0 Å². The van der Waals surface area contributed by atoms with Gasteiger partial charge >= 0.3 is 0 Å². The van der Waals surface area contributed by atoms with Crippen LogP contribution in [0.15, 0.2) is 60.7 Å². The first-order valence-corrected chi connectivity index (χ1v) is 9.13. The molecule has 2 aromatic rings. The summed E-state index contributed by atoms with van der Waals surface area (Å²) in [5.74, 6) is 1.65. The molecule has 2 heteroatoms. The lowest BCUT2D eigenvalue weighted by Gasteiger charge is -2.48. The van der Waals surface area contributed by atoms with E-state index in [0.29, 0.717) is 23.7 Å². The number of hydrogen-bond donors (Lipinski definition) is 0. The van der Waals surface area contributed by atoms with Crippen LogP contribution in [0.3, 0.4) is 0 Å². The van der Waals surface area contributed by atoms with Crippen LogP contribution in [0.5, 0.6) is 0 Å². The van der Waals surface area contributed by atoms with Crippen molar-refractivity contribution in [1.29, 1.82) is 0 Å². The zero-order valence-corrected chi connectivity index (χ0v) is 14.1. The Kier molecular flexibility index (Phi) is 4.48. The average Bonchev–Trinajstić information content (AvgIpc) is 2.60. The molecule has 0 amide bonds. The van der Waals surface area contributed by atoms with Gasteiger partial charge in [-0.25, -0.2) is 0 Å². The van der Waals surface area contributed by atoms with Crippen molar-refractivity contribution in [2.45, 2.75) is 38.3 Å². The van der Waals surface area contributed by atoms with Gasteiger partial charge in [-0.15, -0.1) is 0 Å². The van der Waals surface area contributed by atoms with Gasteiger partial charge in [0.2, 0.25) is 0 Å². The average molecular weight is 319 g/mol. The summed E-state index contributed by atoms with van der Waals surface area (Å²) in [4.78, 5) is 14.8. The first kappa shape index (κ1) is 15.6. The molecule has 1 saturated heterocycles. The molecule has 1 heterocycles. The largest absolute Gasteiger partial charge is 0.300 e. The van der Waals surface area contributed by atoms with Gasteiger partial charge in [-0.05, 0) is 42.3 Å². The number of rotatable bonds is 4. The van der Waals surface area contributed by atoms with Crippen LogP contribution >= 0.6 is 0 Å². The summed E-state index contributed by atoms with van der Waals surface area (Å²) >= 11 is 0. The lowest BCUT2D eigenvalue weighted by atomic mass is 9.68. The summed E-state index contributed by atoms with van der Waals surface area (Å²) in [6.07, 6.45) is 3.80. The molecule has 0 spiro atoms. The van der Waals surface area contributed by atoms with Crippen LogP contribution in [0.25, 0.3) is 0 Å². The summed E-state index contributed by atoms with van der Waals surface area (Å²) in [6, 6.07) is 21.9. The normalized spacial score (nSPS) is 27.2. The number of hydrogen-bond acceptors (Lipinski definition) is 2. The van der Waals surface area contributed by atoms with Crippen molar-refractivity contribution >= 4 is 5.78 Å². The number of piperidine rings is 1. The summed E-state index contributed by atoms with van der Waals surface area (Å²) in [5.41, 5.74) is 2.76. The molecule has 1 saturated carbocycles. The Labute approximate surface area is 144 Å². The predicted octanol–water partition coefficient (Wildman–Crippen LogP) is 4.10. The zero-order valence-electron chi connectivity index (χ0n) is 14.1. The number of nitrogens with zero attached hydrogens (tertiary/aromatic N) is 1. The van der Waals surface area contributed by atoms with E-state index in [-0.39, 0.29) is 0 Å². The van der Waals surface area contributed by atoms with Gasteiger partial charge in [-0.1, -0.05) is 60.7 Å². The molecule has 0 aromatic heterocycles. The van der Waals surface area contributed by atoms with Crippen LogP contribution in [0.1, 0.15) is 30.4 Å². The highest BCUT2D eigenvalue weighted by Crippen LogP contribution is 2.40. The fourth-order valence-corrected chi connectivity index (χ4v) is 4.64. The van der Waals surface area contributed by atoms with E-state index >= 15 is 0 Å². The third-order valence-electron chi connectivity index (χ3n) is 5.83. The molecule has 2 nitrogen and oxygen atoms in total. The molecule has 1 aliphatic heterocycles. The van der Waals surface area contributed by atoms with Gasteiger partial charge in [-0.3, -0.25) is 9.69 Å². The fraction of sp³-hybridized carbons (Fsp3) is 0.409. The van der Waals surface area contributed by atoms with Crippen molar-refractivity contribution in [2.24, 2.45) is 11.8 Å². The second-order valence-corrected chi connectivity index (χ2v) is 7.37. The lowest BCUT2D eigenvalue weighted by Crippen LogP contribution is -2.53. The molecule has 2 aliphatic rings. The van der Waals surface area contributed by atoms with E-state index in [1.54, 1.807) is 0 Å². The van der Waals surface area contributed by atoms with Gasteiger partial charge in [0.05, 0.1) is 0 Å². The molecular formula is C22H25NO. The quantitative estimate of drug-likeness (QED) is 0.845. The first-order valence-electron chi connectivity index (χ1n) is 9.13. The minimum atomic E-state index is 0.408. The van der Waals surface area contributed by atoms with Crippen molar-refractivity contribution in [2.75, 3.05) is 6.54 Å². The SMILES string of the molecule is O=C1C[C@@H]2CCN(Cc3ccccc3)[C@H](C1)[C@H]2Cc1ccccc1. The van der Waals surface area contributed by atoms with Crippen LogP contribution in [0.4, 0.5) is 0 Å². The van der Waals surface area contributed by atoms with Crippen LogP contribution in [0, 0.1) is 11.8 Å². The maximum Gasteiger partial charge on any atom is 0.134 e. The van der Waals surface area contributed by atoms with E-state index in [1.807, 2.05) is 0 Å². The zero-order chi connectivity index (χ0) is 16.4. The number of Topliss-reactive ketones (excluding diaryl/α,β-unsaturated/α-hetero) is 1. The standard InChI is InChI=1S/C22H25NO/c24-20-14-19-11-12-23(16-18-9-5-2-6-10-18)22(15-20)21(19)13-17-7-3-1-4-8-17/h1-10,19,21-22H,11-16H2/t19-,21-,22+/m0/s1.